The van der Waals surface area contributed by atoms with E-state index in [1.54, 1.807) is 7.11 Å². The molecule has 1 aromatic heterocycles. The van der Waals surface area contributed by atoms with E-state index in [-0.39, 0.29) is 12.5 Å². The monoisotopic (exact) mass is 501 g/mol. The Balaban J connectivity index is 1.02. The first-order chi connectivity index (χ1) is 18.2. The molecular weight excluding hydrogens is 466 g/mol. The third-order valence-corrected chi connectivity index (χ3v) is 7.86. The number of nitrogens with one attached hydrogen (secondary N) is 2. The summed E-state index contributed by atoms with van der Waals surface area (Å²) in [5, 5.41) is 7.81. The van der Waals surface area contributed by atoms with Crippen LogP contribution in [-0.4, -0.2) is 68.3 Å². The van der Waals surface area contributed by atoms with Crippen molar-refractivity contribution < 1.29 is 14.3 Å². The SMILES string of the molecule is COc1ccc2ncc3c(c2c1)N(CCN1CCC(NCc2ccc4c(c2)NC(=O)CO4)CC1)CCC3. The van der Waals surface area contributed by atoms with E-state index in [0.717, 1.165) is 86.8 Å². The number of aromatic nitrogens is 1. The number of rotatable bonds is 7. The molecule has 37 heavy (non-hydrogen) atoms. The first-order valence-electron chi connectivity index (χ1n) is 13.4. The van der Waals surface area contributed by atoms with Crippen molar-refractivity contribution in [2.45, 2.75) is 38.3 Å². The van der Waals surface area contributed by atoms with E-state index in [1.807, 2.05) is 18.2 Å². The predicted molar refractivity (Wildman–Crippen MR) is 146 cm³/mol. The number of pyridine rings is 1. The first kappa shape index (κ1) is 24.0. The molecule has 8 heteroatoms. The van der Waals surface area contributed by atoms with Gasteiger partial charge in [-0.05, 0) is 80.2 Å². The summed E-state index contributed by atoms with van der Waals surface area (Å²) in [6.45, 7) is 6.30. The first-order valence-corrected chi connectivity index (χ1v) is 13.4. The molecule has 0 spiro atoms. The van der Waals surface area contributed by atoms with Gasteiger partial charge in [-0.1, -0.05) is 6.07 Å². The number of likely N-dealkylation sites (tertiary alicyclic amines) is 1. The van der Waals surface area contributed by atoms with Gasteiger partial charge in [-0.2, -0.15) is 0 Å². The van der Waals surface area contributed by atoms with Crippen LogP contribution in [0.3, 0.4) is 0 Å². The molecule has 2 aromatic carbocycles. The van der Waals surface area contributed by atoms with E-state index in [9.17, 15) is 4.79 Å². The van der Waals surface area contributed by atoms with Crippen LogP contribution in [0.2, 0.25) is 0 Å². The molecule has 1 saturated heterocycles. The lowest BCUT2D eigenvalue weighted by atomic mass is 9.99. The molecule has 0 radical (unpaired) electrons. The quantitative estimate of drug-likeness (QED) is 0.512. The zero-order chi connectivity index (χ0) is 25.2. The number of nitrogens with zero attached hydrogens (tertiary/aromatic N) is 3. The van der Waals surface area contributed by atoms with Crippen molar-refractivity contribution in [2.75, 3.05) is 56.7 Å². The molecule has 3 aliphatic heterocycles. The standard InChI is InChI=1S/C29H35N5O3/c1-36-23-5-6-25-24(16-23)29-21(18-31-25)3-2-10-34(29)14-13-33-11-8-22(9-12-33)30-17-20-4-7-27-26(15-20)32-28(35)19-37-27/h4-7,15-16,18,22,30H,2-3,8-14,17,19H2,1H3,(H,32,35). The Hall–Kier alpha value is -3.36. The summed E-state index contributed by atoms with van der Waals surface area (Å²) >= 11 is 0. The summed E-state index contributed by atoms with van der Waals surface area (Å²) in [6.07, 6.45) is 6.62. The Bertz CT molecular complexity index is 1280. The molecular formula is C29H35N5O3. The van der Waals surface area contributed by atoms with E-state index in [2.05, 4.69) is 44.8 Å². The summed E-state index contributed by atoms with van der Waals surface area (Å²) in [6, 6.07) is 12.7. The summed E-state index contributed by atoms with van der Waals surface area (Å²) < 4.78 is 11.0. The average molecular weight is 502 g/mol. The average Bonchev–Trinajstić information content (AvgIpc) is 2.94. The molecule has 0 saturated carbocycles. The Labute approximate surface area is 217 Å². The van der Waals surface area contributed by atoms with Gasteiger partial charge in [-0.25, -0.2) is 0 Å². The van der Waals surface area contributed by atoms with Crippen molar-refractivity contribution in [3.63, 3.8) is 0 Å². The van der Waals surface area contributed by atoms with Crippen molar-refractivity contribution in [1.82, 2.24) is 15.2 Å². The van der Waals surface area contributed by atoms with Crippen LogP contribution in [0.4, 0.5) is 11.4 Å². The predicted octanol–water partition coefficient (Wildman–Crippen LogP) is 3.58. The second-order valence-corrected chi connectivity index (χ2v) is 10.3. The van der Waals surface area contributed by atoms with E-state index < -0.39 is 0 Å². The molecule has 1 fully saturated rings. The molecule has 0 aliphatic carbocycles. The topological polar surface area (TPSA) is 79.0 Å². The molecule has 3 aromatic rings. The number of fused-ring (bicyclic) bond motifs is 4. The van der Waals surface area contributed by atoms with Gasteiger partial charge in [0.1, 0.15) is 11.5 Å². The number of hydrogen-bond donors (Lipinski definition) is 2. The molecule has 2 N–H and O–H groups in total. The second-order valence-electron chi connectivity index (χ2n) is 10.3. The van der Waals surface area contributed by atoms with E-state index >= 15 is 0 Å². The van der Waals surface area contributed by atoms with Crippen LogP contribution in [0.25, 0.3) is 10.9 Å². The Morgan fingerprint density at radius 3 is 2.89 bits per heavy atom. The third-order valence-electron chi connectivity index (χ3n) is 7.86. The molecule has 0 bridgehead atoms. The van der Waals surface area contributed by atoms with E-state index in [0.29, 0.717) is 6.04 Å². The fourth-order valence-corrected chi connectivity index (χ4v) is 5.80. The van der Waals surface area contributed by atoms with E-state index in [1.165, 1.54) is 23.1 Å². The third kappa shape index (κ3) is 5.22. The van der Waals surface area contributed by atoms with Crippen molar-refractivity contribution in [3.8, 4) is 11.5 Å². The minimum atomic E-state index is -0.0948. The zero-order valence-electron chi connectivity index (χ0n) is 21.5. The Morgan fingerprint density at radius 1 is 1.14 bits per heavy atom. The molecule has 6 rings (SSSR count). The second kappa shape index (κ2) is 10.6. The number of carbonyl (C=O) groups excluding carboxylic acids is 1. The largest absolute Gasteiger partial charge is 0.497 e. The minimum Gasteiger partial charge on any atom is -0.497 e. The molecule has 0 atom stereocenters. The molecule has 3 aliphatic rings. The fraction of sp³-hybridized carbons (Fsp3) is 0.448. The Kier molecular flexibility index (Phi) is 6.85. The van der Waals surface area contributed by atoms with Crippen LogP contribution in [0.15, 0.2) is 42.6 Å². The number of amides is 1. The lowest BCUT2D eigenvalue weighted by molar-refractivity contribution is -0.118. The summed E-state index contributed by atoms with van der Waals surface area (Å²) in [5.74, 6) is 1.54. The van der Waals surface area contributed by atoms with Gasteiger partial charge in [-0.15, -0.1) is 0 Å². The number of hydrogen-bond acceptors (Lipinski definition) is 7. The number of piperidine rings is 1. The van der Waals surface area contributed by atoms with Gasteiger partial charge in [0.25, 0.3) is 5.91 Å². The maximum atomic E-state index is 11.6. The number of carbonyl (C=O) groups is 1. The van der Waals surface area contributed by atoms with Crippen LogP contribution in [-0.2, 0) is 17.8 Å². The van der Waals surface area contributed by atoms with Gasteiger partial charge in [0.2, 0.25) is 0 Å². The van der Waals surface area contributed by atoms with Gasteiger partial charge < -0.3 is 29.9 Å². The number of benzene rings is 2. The number of methoxy groups -OCH3 is 1. The summed E-state index contributed by atoms with van der Waals surface area (Å²) in [7, 11) is 1.72. The highest BCUT2D eigenvalue weighted by atomic mass is 16.5. The van der Waals surface area contributed by atoms with Crippen molar-refractivity contribution in [2.24, 2.45) is 0 Å². The molecule has 8 nitrogen and oxygen atoms in total. The Morgan fingerprint density at radius 2 is 2.03 bits per heavy atom. The smallest absolute Gasteiger partial charge is 0.262 e. The van der Waals surface area contributed by atoms with Crippen LogP contribution < -0.4 is 25.0 Å². The number of ether oxygens (including phenoxy) is 2. The maximum absolute atomic E-state index is 11.6. The molecule has 0 unspecified atom stereocenters. The van der Waals surface area contributed by atoms with Crippen molar-refractivity contribution >= 4 is 28.2 Å². The van der Waals surface area contributed by atoms with Gasteiger partial charge in [-0.3, -0.25) is 9.78 Å². The highest BCUT2D eigenvalue weighted by Gasteiger charge is 2.24. The number of anilines is 2. The van der Waals surface area contributed by atoms with Crippen LogP contribution in [0.5, 0.6) is 11.5 Å². The van der Waals surface area contributed by atoms with Gasteiger partial charge in [0.15, 0.2) is 6.61 Å². The maximum Gasteiger partial charge on any atom is 0.262 e. The van der Waals surface area contributed by atoms with Crippen LogP contribution in [0, 0.1) is 0 Å². The zero-order valence-corrected chi connectivity index (χ0v) is 21.5. The molecule has 1 amide bonds. The van der Waals surface area contributed by atoms with Crippen LogP contribution >= 0.6 is 0 Å². The number of aryl methyl sites for hydroxylation is 1. The highest BCUT2D eigenvalue weighted by molar-refractivity contribution is 5.95. The van der Waals surface area contributed by atoms with Crippen molar-refractivity contribution in [3.05, 3.63) is 53.7 Å². The van der Waals surface area contributed by atoms with Gasteiger partial charge in [0.05, 0.1) is 24.0 Å². The van der Waals surface area contributed by atoms with Crippen LogP contribution in [0.1, 0.15) is 30.4 Å². The fourth-order valence-electron chi connectivity index (χ4n) is 5.80. The van der Waals surface area contributed by atoms with Gasteiger partial charge in [0, 0.05) is 43.8 Å². The lowest BCUT2D eigenvalue weighted by Crippen LogP contribution is -2.45. The summed E-state index contributed by atoms with van der Waals surface area (Å²) in [4.78, 5) is 21.5. The lowest BCUT2D eigenvalue weighted by Gasteiger charge is -2.37. The molecule has 194 valence electrons. The van der Waals surface area contributed by atoms with Crippen molar-refractivity contribution in [1.29, 1.82) is 0 Å². The molecule has 4 heterocycles. The van der Waals surface area contributed by atoms with Gasteiger partial charge >= 0.3 is 0 Å². The normalized spacial score (nSPS) is 18.2. The highest BCUT2D eigenvalue weighted by Crippen LogP contribution is 2.35. The summed E-state index contributed by atoms with van der Waals surface area (Å²) in [5.41, 5.74) is 5.66. The minimum absolute atomic E-state index is 0.0932. The van der Waals surface area contributed by atoms with E-state index in [4.69, 9.17) is 14.5 Å².